The average molecular weight is 516 g/mol. The molecule has 4 heteroatoms. The van der Waals surface area contributed by atoms with Gasteiger partial charge in [-0.05, 0) is 40.7 Å². The van der Waals surface area contributed by atoms with Crippen molar-refractivity contribution in [3.63, 3.8) is 0 Å². The largest absolute Gasteiger partial charge is 0.299 e. The average Bonchev–Trinajstić information content (AvgIpc) is 3.43. The van der Waals surface area contributed by atoms with E-state index < -0.39 is 8.07 Å². The Morgan fingerprint density at radius 3 is 1.84 bits per heavy atom. The van der Waals surface area contributed by atoms with Crippen LogP contribution in [0.25, 0.3) is 28.3 Å². The van der Waals surface area contributed by atoms with Gasteiger partial charge in [0.2, 0.25) is 0 Å². The van der Waals surface area contributed by atoms with Crippen LogP contribution in [0.3, 0.4) is 0 Å². The third-order valence-corrected chi connectivity index (χ3v) is 11.1. The molecule has 3 aromatic carbocycles. The quantitative estimate of drug-likeness (QED) is 0.208. The third kappa shape index (κ3) is 4.89. The number of rotatable bonds is 7. The molecule has 2 aromatic heterocycles. The summed E-state index contributed by atoms with van der Waals surface area (Å²) in [4.78, 5) is 9.46. The van der Waals surface area contributed by atoms with Crippen molar-refractivity contribution in [2.45, 2.75) is 52.6 Å². The van der Waals surface area contributed by atoms with Gasteiger partial charge in [0.15, 0.2) is 0 Å². The Balaban J connectivity index is 1.59. The van der Waals surface area contributed by atoms with Crippen LogP contribution in [-0.2, 0) is 0 Å². The minimum atomic E-state index is -1.98. The summed E-state index contributed by atoms with van der Waals surface area (Å²) < 4.78 is 2.31. The summed E-state index contributed by atoms with van der Waals surface area (Å²) in [6.07, 6.45) is 5.91. The van der Waals surface area contributed by atoms with Crippen molar-refractivity contribution in [2.75, 3.05) is 0 Å². The fraction of sp³-hybridized carbons (Fsp3) is 0.235. The first-order chi connectivity index (χ1) is 18.3. The molecule has 0 bridgehead atoms. The minimum Gasteiger partial charge on any atom is -0.299 e. The molecule has 5 aromatic rings. The highest BCUT2D eigenvalue weighted by Crippen LogP contribution is 2.33. The van der Waals surface area contributed by atoms with E-state index in [4.69, 9.17) is 4.98 Å². The van der Waals surface area contributed by atoms with Gasteiger partial charge in [0.25, 0.3) is 0 Å². The van der Waals surface area contributed by atoms with E-state index >= 15 is 0 Å². The first-order valence-electron chi connectivity index (χ1n) is 13.6. The van der Waals surface area contributed by atoms with Crippen LogP contribution in [0, 0.1) is 0 Å². The Kier molecular flexibility index (Phi) is 7.18. The lowest BCUT2D eigenvalue weighted by Gasteiger charge is -2.25. The number of nitrogens with zero attached hydrogens (tertiary/aromatic N) is 3. The second-order valence-electron chi connectivity index (χ2n) is 11.2. The second-order valence-corrected chi connectivity index (χ2v) is 15.6. The molecule has 3 nitrogen and oxygen atoms in total. The molecule has 0 fully saturated rings. The molecule has 0 aliphatic carbocycles. The molecule has 0 N–H and O–H groups in total. The van der Waals surface area contributed by atoms with Gasteiger partial charge in [-0.25, -0.2) is 4.98 Å². The number of aromatic nitrogens is 3. The zero-order chi connectivity index (χ0) is 26.9. The van der Waals surface area contributed by atoms with Crippen molar-refractivity contribution >= 4 is 18.4 Å². The van der Waals surface area contributed by atoms with Crippen LogP contribution in [0.5, 0.6) is 0 Å². The van der Waals surface area contributed by atoms with Crippen LogP contribution < -0.4 is 10.4 Å². The molecule has 192 valence electrons. The van der Waals surface area contributed by atoms with Crippen LogP contribution in [0.1, 0.15) is 50.7 Å². The molecule has 2 heterocycles. The number of para-hydroxylation sites is 1. The smallest absolute Gasteiger partial charge is 0.144 e. The molecule has 0 unspecified atom stereocenters. The summed E-state index contributed by atoms with van der Waals surface area (Å²) in [6, 6.07) is 30.8. The maximum absolute atomic E-state index is 4.88. The molecule has 0 radical (unpaired) electrons. The molecule has 0 saturated heterocycles. The molecule has 0 amide bonds. The van der Waals surface area contributed by atoms with Gasteiger partial charge in [-0.2, -0.15) is 0 Å². The van der Waals surface area contributed by atoms with Crippen molar-refractivity contribution in [2.24, 2.45) is 0 Å². The van der Waals surface area contributed by atoms with Gasteiger partial charge in [0.05, 0.1) is 11.4 Å². The highest BCUT2D eigenvalue weighted by atomic mass is 28.3. The van der Waals surface area contributed by atoms with Gasteiger partial charge in [-0.3, -0.25) is 9.55 Å². The molecule has 0 aliphatic heterocycles. The first-order valence-corrected chi connectivity index (χ1v) is 16.6. The number of pyridine rings is 1. The van der Waals surface area contributed by atoms with Gasteiger partial charge in [-0.1, -0.05) is 124 Å². The predicted molar refractivity (Wildman–Crippen MR) is 164 cm³/mol. The normalized spacial score (nSPS) is 11.9. The topological polar surface area (TPSA) is 30.7 Å². The summed E-state index contributed by atoms with van der Waals surface area (Å²) in [5.74, 6) is 1.83. The SMILES string of the molecule is CC(C)c1cccc(C(C)C)c1-n1ccnc1-c1cccc([Si](C)(C)c2cccc(-c3ccccn3)c2)c1. The Hall–Kier alpha value is -3.76. The Labute approximate surface area is 228 Å². The summed E-state index contributed by atoms with van der Waals surface area (Å²) in [6.45, 7) is 13.9. The fourth-order valence-corrected chi connectivity index (χ4v) is 7.69. The molecule has 0 saturated carbocycles. The van der Waals surface area contributed by atoms with E-state index in [9.17, 15) is 0 Å². The summed E-state index contributed by atoms with van der Waals surface area (Å²) >= 11 is 0. The number of hydrogen-bond donors (Lipinski definition) is 0. The zero-order valence-electron chi connectivity index (χ0n) is 23.3. The summed E-state index contributed by atoms with van der Waals surface area (Å²) in [7, 11) is -1.98. The van der Waals surface area contributed by atoms with Gasteiger partial charge >= 0.3 is 0 Å². The Morgan fingerprint density at radius 1 is 0.632 bits per heavy atom. The minimum absolute atomic E-state index is 0.419. The van der Waals surface area contributed by atoms with Crippen molar-refractivity contribution in [3.8, 4) is 28.3 Å². The zero-order valence-corrected chi connectivity index (χ0v) is 24.3. The van der Waals surface area contributed by atoms with Crippen LogP contribution in [0.4, 0.5) is 0 Å². The van der Waals surface area contributed by atoms with E-state index in [-0.39, 0.29) is 0 Å². The summed E-state index contributed by atoms with van der Waals surface area (Å²) in [5.41, 5.74) is 7.32. The maximum atomic E-state index is 4.88. The molecule has 0 spiro atoms. The molecule has 38 heavy (non-hydrogen) atoms. The first kappa shape index (κ1) is 25.9. The van der Waals surface area contributed by atoms with Crippen molar-refractivity contribution in [3.05, 3.63) is 115 Å². The van der Waals surface area contributed by atoms with Gasteiger partial charge in [0.1, 0.15) is 13.9 Å². The lowest BCUT2D eigenvalue weighted by molar-refractivity contribution is 0.807. The van der Waals surface area contributed by atoms with Crippen LogP contribution in [0.2, 0.25) is 13.1 Å². The van der Waals surface area contributed by atoms with Crippen molar-refractivity contribution in [1.29, 1.82) is 0 Å². The molecule has 0 atom stereocenters. The van der Waals surface area contributed by atoms with Gasteiger partial charge in [-0.15, -0.1) is 0 Å². The van der Waals surface area contributed by atoms with E-state index in [1.807, 2.05) is 24.5 Å². The lowest BCUT2D eigenvalue weighted by Crippen LogP contribution is -2.52. The number of benzene rings is 3. The maximum Gasteiger partial charge on any atom is 0.144 e. The van der Waals surface area contributed by atoms with Gasteiger partial charge < -0.3 is 0 Å². The lowest BCUT2D eigenvalue weighted by atomic mass is 9.92. The number of hydrogen-bond acceptors (Lipinski definition) is 2. The van der Waals surface area contributed by atoms with Crippen LogP contribution in [-0.4, -0.2) is 22.6 Å². The molecular formula is C34H37N3Si. The number of imidazole rings is 1. The van der Waals surface area contributed by atoms with Crippen molar-refractivity contribution in [1.82, 2.24) is 14.5 Å². The second kappa shape index (κ2) is 10.5. The Morgan fingerprint density at radius 2 is 1.24 bits per heavy atom. The predicted octanol–water partition coefficient (Wildman–Crippen LogP) is 7.67. The molecular weight excluding hydrogens is 478 g/mol. The fourth-order valence-electron chi connectivity index (χ4n) is 5.30. The van der Waals surface area contributed by atoms with Crippen LogP contribution in [0.15, 0.2) is 104 Å². The summed E-state index contributed by atoms with van der Waals surface area (Å²) in [5, 5.41) is 2.79. The van der Waals surface area contributed by atoms with E-state index in [0.29, 0.717) is 11.8 Å². The molecule has 5 rings (SSSR count). The van der Waals surface area contributed by atoms with E-state index in [1.54, 1.807) is 0 Å². The monoisotopic (exact) mass is 515 g/mol. The van der Waals surface area contributed by atoms with E-state index in [1.165, 1.54) is 32.8 Å². The Bertz CT molecular complexity index is 1520. The molecule has 0 aliphatic rings. The van der Waals surface area contributed by atoms with Gasteiger partial charge in [0, 0.05) is 24.2 Å². The highest BCUT2D eigenvalue weighted by Gasteiger charge is 2.27. The van der Waals surface area contributed by atoms with E-state index in [0.717, 1.165) is 17.1 Å². The highest BCUT2D eigenvalue weighted by molar-refractivity contribution is 7.00. The standard InChI is InChI=1S/C34H37N3Si/c1-24(2)30-16-11-17-31(25(3)4)33(30)37-21-20-36-34(37)27-13-10-15-29(23-27)38(5,6)28-14-9-12-26(22-28)32-18-7-8-19-35-32/h7-25H,1-6H3. The van der Waals surface area contributed by atoms with Crippen molar-refractivity contribution < 1.29 is 0 Å². The van der Waals surface area contributed by atoms with Crippen LogP contribution >= 0.6 is 0 Å². The third-order valence-electron chi connectivity index (χ3n) is 7.61. The van der Waals surface area contributed by atoms with E-state index in [2.05, 4.69) is 129 Å².